The van der Waals surface area contributed by atoms with Crippen LogP contribution in [0.1, 0.15) is 50.4 Å². The van der Waals surface area contributed by atoms with Gasteiger partial charge in [-0.2, -0.15) is 28.3 Å². The van der Waals surface area contributed by atoms with E-state index in [-0.39, 0.29) is 45.6 Å². The normalized spacial score (nSPS) is 11.2. The number of pyridine rings is 1. The Bertz CT molecular complexity index is 1610. The first-order chi connectivity index (χ1) is 18.5. The van der Waals surface area contributed by atoms with Gasteiger partial charge in [-0.05, 0) is 55.0 Å². The summed E-state index contributed by atoms with van der Waals surface area (Å²) in [6, 6.07) is 9.19. The van der Waals surface area contributed by atoms with Crippen molar-refractivity contribution in [3.63, 3.8) is 0 Å². The molecule has 0 aliphatic rings. The van der Waals surface area contributed by atoms with E-state index in [1.54, 1.807) is 19.9 Å². The molecule has 0 spiro atoms. The molecular formula is C23H18ClF3N10O2. The van der Waals surface area contributed by atoms with Crippen LogP contribution in [0.5, 0.6) is 0 Å². The Balaban J connectivity index is 1.76. The summed E-state index contributed by atoms with van der Waals surface area (Å²) in [5, 5.41) is 28.7. The minimum atomic E-state index is -4.79. The summed E-state index contributed by atoms with van der Waals surface area (Å²) in [5.74, 6) is -2.61. The topological polar surface area (TPSA) is 156 Å². The quantitative estimate of drug-likeness (QED) is 0.350. The van der Waals surface area contributed by atoms with Crippen LogP contribution in [0.4, 0.5) is 18.9 Å². The number of nitriles is 1. The van der Waals surface area contributed by atoms with E-state index in [2.05, 4.69) is 36.1 Å². The van der Waals surface area contributed by atoms with Gasteiger partial charge in [0.2, 0.25) is 0 Å². The fraction of sp³-hybridized carbons (Fsp3) is 0.217. The first-order valence-electron chi connectivity index (χ1n) is 11.2. The Morgan fingerprint density at radius 2 is 1.95 bits per heavy atom. The summed E-state index contributed by atoms with van der Waals surface area (Å²) in [6.45, 7) is 3.28. The lowest BCUT2D eigenvalue weighted by Gasteiger charge is -2.15. The maximum atomic E-state index is 13.5. The number of benzene rings is 1. The van der Waals surface area contributed by atoms with Gasteiger partial charge in [0.15, 0.2) is 5.82 Å². The molecule has 0 unspecified atom stereocenters. The number of nitrogens with one attached hydrogen (secondary N) is 2. The van der Waals surface area contributed by atoms with Gasteiger partial charge in [-0.1, -0.05) is 11.6 Å². The van der Waals surface area contributed by atoms with E-state index in [1.165, 1.54) is 30.5 Å². The molecule has 2 N–H and O–H groups in total. The Kier molecular flexibility index (Phi) is 7.58. The van der Waals surface area contributed by atoms with Crippen molar-refractivity contribution in [2.45, 2.75) is 26.6 Å². The molecule has 0 aliphatic carbocycles. The average molecular weight is 559 g/mol. The van der Waals surface area contributed by atoms with Crippen molar-refractivity contribution in [3.8, 4) is 11.9 Å². The lowest BCUT2D eigenvalue weighted by atomic mass is 10.0. The number of hydrogen-bond donors (Lipinski definition) is 2. The third-order valence-corrected chi connectivity index (χ3v) is 5.52. The standard InChI is InChI=1S/C23H18ClF3N10O2/c1-3-29-20(38)15-8-13(10-28)7-12(2)18(15)31-21(39)17-9-14(11-36-34-22(32-35-36)23(25,26)27)33-37(17)19-16(24)5-4-6-30-19/h4-9H,3,11H2,1-2H3,(H,29,38)(H,31,39). The van der Waals surface area contributed by atoms with Crippen molar-refractivity contribution >= 4 is 29.1 Å². The van der Waals surface area contributed by atoms with Crippen molar-refractivity contribution in [2.24, 2.45) is 0 Å². The monoisotopic (exact) mass is 558 g/mol. The van der Waals surface area contributed by atoms with Gasteiger partial charge in [-0.15, -0.1) is 10.2 Å². The highest BCUT2D eigenvalue weighted by Gasteiger charge is 2.37. The number of aromatic nitrogens is 7. The lowest BCUT2D eigenvalue weighted by Crippen LogP contribution is -2.26. The number of carbonyl (C=O) groups excluding carboxylic acids is 2. The second-order valence-corrected chi connectivity index (χ2v) is 8.43. The fourth-order valence-corrected chi connectivity index (χ4v) is 3.76. The van der Waals surface area contributed by atoms with Crippen LogP contribution in [0, 0.1) is 18.3 Å². The van der Waals surface area contributed by atoms with E-state index < -0.39 is 23.8 Å². The summed E-state index contributed by atoms with van der Waals surface area (Å²) >= 11 is 6.28. The van der Waals surface area contributed by atoms with E-state index in [0.717, 1.165) is 4.68 Å². The molecule has 3 aromatic heterocycles. The minimum absolute atomic E-state index is 0.0652. The number of anilines is 1. The fourth-order valence-electron chi connectivity index (χ4n) is 3.56. The van der Waals surface area contributed by atoms with Gasteiger partial charge in [0.25, 0.3) is 17.6 Å². The molecule has 2 amide bonds. The predicted octanol–water partition coefficient (Wildman–Crippen LogP) is 3.16. The third-order valence-electron chi connectivity index (χ3n) is 5.23. The molecule has 0 radical (unpaired) electrons. The highest BCUT2D eigenvalue weighted by Crippen LogP contribution is 2.27. The first kappa shape index (κ1) is 27.2. The number of nitrogens with zero attached hydrogens (tertiary/aromatic N) is 8. The molecule has 39 heavy (non-hydrogen) atoms. The predicted molar refractivity (Wildman–Crippen MR) is 130 cm³/mol. The molecule has 200 valence electrons. The van der Waals surface area contributed by atoms with Crippen LogP contribution >= 0.6 is 11.6 Å². The number of rotatable bonds is 7. The Hall–Kier alpha value is -4.84. The molecule has 16 heteroatoms. The zero-order chi connectivity index (χ0) is 28.3. The largest absolute Gasteiger partial charge is 0.455 e. The van der Waals surface area contributed by atoms with E-state index in [1.807, 2.05) is 6.07 Å². The minimum Gasteiger partial charge on any atom is -0.352 e. The summed E-state index contributed by atoms with van der Waals surface area (Å²) < 4.78 is 39.8. The van der Waals surface area contributed by atoms with Crippen LogP contribution in [-0.2, 0) is 12.7 Å². The van der Waals surface area contributed by atoms with Crippen molar-refractivity contribution < 1.29 is 22.8 Å². The molecule has 3 heterocycles. The van der Waals surface area contributed by atoms with E-state index in [4.69, 9.17) is 11.6 Å². The number of alkyl halides is 3. The molecule has 4 aromatic rings. The molecule has 0 saturated heterocycles. The number of tetrazole rings is 1. The number of amides is 2. The molecule has 0 atom stereocenters. The van der Waals surface area contributed by atoms with Crippen molar-refractivity contribution in [2.75, 3.05) is 11.9 Å². The van der Waals surface area contributed by atoms with Crippen LogP contribution in [0.25, 0.3) is 5.82 Å². The first-order valence-corrected chi connectivity index (χ1v) is 11.6. The molecule has 0 aliphatic heterocycles. The number of hydrogen-bond acceptors (Lipinski definition) is 8. The van der Waals surface area contributed by atoms with Crippen LogP contribution in [-0.4, -0.2) is 53.3 Å². The molecule has 0 bridgehead atoms. The summed E-state index contributed by atoms with van der Waals surface area (Å²) in [4.78, 5) is 31.0. The Morgan fingerprint density at radius 1 is 1.18 bits per heavy atom. The van der Waals surface area contributed by atoms with Crippen LogP contribution in [0.3, 0.4) is 0 Å². The van der Waals surface area contributed by atoms with Gasteiger partial charge in [0.1, 0.15) is 12.2 Å². The average Bonchev–Trinajstić information content (AvgIpc) is 3.53. The van der Waals surface area contributed by atoms with Gasteiger partial charge >= 0.3 is 6.18 Å². The lowest BCUT2D eigenvalue weighted by molar-refractivity contribution is -0.145. The molecule has 0 fully saturated rings. The van der Waals surface area contributed by atoms with Gasteiger partial charge in [-0.25, -0.2) is 9.67 Å². The highest BCUT2D eigenvalue weighted by atomic mass is 35.5. The molecule has 1 aromatic carbocycles. The maximum absolute atomic E-state index is 13.5. The Morgan fingerprint density at radius 3 is 2.59 bits per heavy atom. The SMILES string of the molecule is CCNC(=O)c1cc(C#N)cc(C)c1NC(=O)c1cc(Cn2nnc(C(F)(F)F)n2)nn1-c1ncccc1Cl. The molecular weight excluding hydrogens is 541 g/mol. The van der Waals surface area contributed by atoms with Crippen LogP contribution in [0.15, 0.2) is 36.5 Å². The van der Waals surface area contributed by atoms with Gasteiger partial charge < -0.3 is 10.6 Å². The van der Waals surface area contributed by atoms with E-state index in [0.29, 0.717) is 16.9 Å². The zero-order valence-corrected chi connectivity index (χ0v) is 21.0. The second-order valence-electron chi connectivity index (χ2n) is 8.02. The van der Waals surface area contributed by atoms with Crippen molar-refractivity contribution in [3.05, 3.63) is 75.5 Å². The summed E-state index contributed by atoms with van der Waals surface area (Å²) in [6.07, 6.45) is -3.37. The van der Waals surface area contributed by atoms with Crippen molar-refractivity contribution in [1.82, 2.24) is 40.3 Å². The van der Waals surface area contributed by atoms with Crippen LogP contribution in [0.2, 0.25) is 5.02 Å². The second kappa shape index (κ2) is 10.9. The highest BCUT2D eigenvalue weighted by molar-refractivity contribution is 6.32. The molecule has 0 saturated carbocycles. The number of carbonyl (C=O) groups is 2. The molecule has 12 nitrogen and oxygen atoms in total. The number of halogens is 4. The van der Waals surface area contributed by atoms with Gasteiger partial charge in [0.05, 0.1) is 33.6 Å². The zero-order valence-electron chi connectivity index (χ0n) is 20.3. The summed E-state index contributed by atoms with van der Waals surface area (Å²) in [5.41, 5.74) is 0.866. The van der Waals surface area contributed by atoms with E-state index in [9.17, 15) is 28.0 Å². The van der Waals surface area contributed by atoms with E-state index >= 15 is 0 Å². The maximum Gasteiger partial charge on any atom is 0.455 e. The van der Waals surface area contributed by atoms with Crippen LogP contribution < -0.4 is 10.6 Å². The van der Waals surface area contributed by atoms with Crippen molar-refractivity contribution in [1.29, 1.82) is 5.26 Å². The van der Waals surface area contributed by atoms with Gasteiger partial charge in [-0.3, -0.25) is 9.59 Å². The smallest absolute Gasteiger partial charge is 0.352 e. The van der Waals surface area contributed by atoms with Gasteiger partial charge in [0, 0.05) is 12.7 Å². The summed E-state index contributed by atoms with van der Waals surface area (Å²) in [7, 11) is 0. The molecule has 4 rings (SSSR count). The Labute approximate surface area is 223 Å². The third kappa shape index (κ3) is 5.85. The number of aryl methyl sites for hydroxylation is 1.